The summed E-state index contributed by atoms with van der Waals surface area (Å²) in [5, 5.41) is 13.5. The standard InChI is InChI=1S/C17H15BrN2O2/c1-22-16-4-2-3-13(9-16)12-5-7-15(8-6-12)20-17(18)14(11-21)10-19-20/h2-10,21H,11H2,1H3. The summed E-state index contributed by atoms with van der Waals surface area (Å²) in [4.78, 5) is 0. The van der Waals surface area contributed by atoms with Crippen molar-refractivity contribution in [3.63, 3.8) is 0 Å². The van der Waals surface area contributed by atoms with Crippen LogP contribution in [0.3, 0.4) is 0 Å². The lowest BCUT2D eigenvalue weighted by Crippen LogP contribution is -1.96. The minimum atomic E-state index is -0.0392. The van der Waals surface area contributed by atoms with Crippen LogP contribution in [0, 0.1) is 0 Å². The lowest BCUT2D eigenvalue weighted by Gasteiger charge is -2.07. The molecule has 112 valence electrons. The maximum atomic E-state index is 9.23. The van der Waals surface area contributed by atoms with Crippen LogP contribution in [-0.4, -0.2) is 22.0 Å². The van der Waals surface area contributed by atoms with E-state index in [2.05, 4.69) is 21.0 Å². The molecular weight excluding hydrogens is 344 g/mol. The quantitative estimate of drug-likeness (QED) is 0.771. The number of aliphatic hydroxyl groups is 1. The number of hydrogen-bond acceptors (Lipinski definition) is 3. The number of methoxy groups -OCH3 is 1. The second-order valence-corrected chi connectivity index (χ2v) is 5.56. The molecule has 0 aliphatic heterocycles. The molecule has 3 aromatic rings. The van der Waals surface area contributed by atoms with E-state index in [1.807, 2.05) is 48.5 Å². The van der Waals surface area contributed by atoms with Crippen molar-refractivity contribution in [1.29, 1.82) is 0 Å². The second kappa shape index (κ2) is 6.34. The molecule has 0 atom stereocenters. The van der Waals surface area contributed by atoms with Crippen molar-refractivity contribution >= 4 is 15.9 Å². The Kier molecular flexibility index (Phi) is 4.27. The van der Waals surface area contributed by atoms with Crippen LogP contribution in [-0.2, 0) is 6.61 Å². The maximum absolute atomic E-state index is 9.23. The summed E-state index contributed by atoms with van der Waals surface area (Å²) in [5.41, 5.74) is 3.89. The van der Waals surface area contributed by atoms with Crippen LogP contribution in [0.2, 0.25) is 0 Å². The molecule has 0 spiro atoms. The Bertz CT molecular complexity index is 782. The van der Waals surface area contributed by atoms with Crippen LogP contribution in [0.4, 0.5) is 0 Å². The summed E-state index contributed by atoms with van der Waals surface area (Å²) in [6, 6.07) is 16.0. The number of ether oxygens (including phenoxy) is 1. The van der Waals surface area contributed by atoms with Gasteiger partial charge in [0.05, 0.1) is 25.6 Å². The predicted molar refractivity (Wildman–Crippen MR) is 89.2 cm³/mol. The van der Waals surface area contributed by atoms with E-state index in [9.17, 15) is 5.11 Å². The van der Waals surface area contributed by atoms with E-state index >= 15 is 0 Å². The van der Waals surface area contributed by atoms with Crippen molar-refractivity contribution in [2.24, 2.45) is 0 Å². The fraction of sp³-hybridized carbons (Fsp3) is 0.118. The molecular formula is C17H15BrN2O2. The third-order valence-corrected chi connectivity index (χ3v) is 4.31. The van der Waals surface area contributed by atoms with Crippen LogP contribution in [0.15, 0.2) is 59.3 Å². The third kappa shape index (κ3) is 2.77. The van der Waals surface area contributed by atoms with E-state index < -0.39 is 0 Å². The van der Waals surface area contributed by atoms with Gasteiger partial charge in [-0.15, -0.1) is 0 Å². The Morgan fingerprint density at radius 2 is 1.91 bits per heavy atom. The predicted octanol–water partition coefficient (Wildman–Crippen LogP) is 3.80. The lowest BCUT2D eigenvalue weighted by atomic mass is 10.1. The molecule has 3 rings (SSSR count). The Morgan fingerprint density at radius 1 is 1.14 bits per heavy atom. The summed E-state index contributed by atoms with van der Waals surface area (Å²) < 4.78 is 7.77. The number of rotatable bonds is 4. The molecule has 1 N–H and O–H groups in total. The molecule has 4 nitrogen and oxygen atoms in total. The topological polar surface area (TPSA) is 47.3 Å². The summed E-state index contributed by atoms with van der Waals surface area (Å²) in [6.07, 6.45) is 1.65. The van der Waals surface area contributed by atoms with Gasteiger partial charge in [0.25, 0.3) is 0 Å². The van der Waals surface area contributed by atoms with Crippen molar-refractivity contribution in [3.8, 4) is 22.6 Å². The number of aromatic nitrogens is 2. The van der Waals surface area contributed by atoms with Crippen molar-refractivity contribution < 1.29 is 9.84 Å². The summed E-state index contributed by atoms with van der Waals surface area (Å²) in [7, 11) is 1.66. The highest BCUT2D eigenvalue weighted by molar-refractivity contribution is 9.10. The molecule has 0 radical (unpaired) electrons. The highest BCUT2D eigenvalue weighted by Crippen LogP contribution is 2.26. The first-order valence-corrected chi connectivity index (χ1v) is 7.60. The molecule has 0 bridgehead atoms. The molecule has 0 aliphatic carbocycles. The fourth-order valence-electron chi connectivity index (χ4n) is 2.25. The van der Waals surface area contributed by atoms with Gasteiger partial charge in [-0.05, 0) is 51.3 Å². The molecule has 5 heteroatoms. The van der Waals surface area contributed by atoms with Crippen LogP contribution in [0.1, 0.15) is 5.56 Å². The summed E-state index contributed by atoms with van der Waals surface area (Å²) >= 11 is 3.45. The number of benzene rings is 2. The molecule has 2 aromatic carbocycles. The Labute approximate surface area is 137 Å². The number of halogens is 1. The minimum Gasteiger partial charge on any atom is -0.497 e. The fourth-order valence-corrected chi connectivity index (χ4v) is 2.78. The van der Waals surface area contributed by atoms with Crippen LogP contribution in [0.5, 0.6) is 5.75 Å². The minimum absolute atomic E-state index is 0.0392. The van der Waals surface area contributed by atoms with E-state index in [1.54, 1.807) is 18.0 Å². The van der Waals surface area contributed by atoms with E-state index in [4.69, 9.17) is 4.74 Å². The van der Waals surface area contributed by atoms with E-state index in [0.29, 0.717) is 0 Å². The normalized spacial score (nSPS) is 10.7. The van der Waals surface area contributed by atoms with Gasteiger partial charge in [0.1, 0.15) is 10.4 Å². The van der Waals surface area contributed by atoms with Gasteiger partial charge in [0.15, 0.2) is 0 Å². The van der Waals surface area contributed by atoms with Gasteiger partial charge in [-0.25, -0.2) is 4.68 Å². The molecule has 0 unspecified atom stereocenters. The number of aliphatic hydroxyl groups excluding tert-OH is 1. The van der Waals surface area contributed by atoms with Crippen molar-refractivity contribution in [1.82, 2.24) is 9.78 Å². The van der Waals surface area contributed by atoms with Gasteiger partial charge in [0, 0.05) is 5.56 Å². The average molecular weight is 359 g/mol. The Balaban J connectivity index is 1.93. The van der Waals surface area contributed by atoms with Gasteiger partial charge in [-0.3, -0.25) is 0 Å². The molecule has 0 fully saturated rings. The first-order chi connectivity index (χ1) is 10.7. The smallest absolute Gasteiger partial charge is 0.119 e. The SMILES string of the molecule is COc1cccc(-c2ccc(-n3ncc(CO)c3Br)cc2)c1. The molecule has 1 aromatic heterocycles. The molecule has 0 aliphatic rings. The average Bonchev–Trinajstić information content (AvgIpc) is 2.96. The highest BCUT2D eigenvalue weighted by Gasteiger charge is 2.09. The van der Waals surface area contributed by atoms with E-state index in [-0.39, 0.29) is 6.61 Å². The maximum Gasteiger partial charge on any atom is 0.119 e. The first-order valence-electron chi connectivity index (χ1n) is 6.81. The van der Waals surface area contributed by atoms with Crippen LogP contribution in [0.25, 0.3) is 16.8 Å². The highest BCUT2D eigenvalue weighted by atomic mass is 79.9. The lowest BCUT2D eigenvalue weighted by molar-refractivity contribution is 0.281. The van der Waals surface area contributed by atoms with Crippen LogP contribution < -0.4 is 4.74 Å². The monoisotopic (exact) mass is 358 g/mol. The zero-order valence-electron chi connectivity index (χ0n) is 12.0. The van der Waals surface area contributed by atoms with Gasteiger partial charge in [-0.1, -0.05) is 24.3 Å². The van der Waals surface area contributed by atoms with E-state index in [1.165, 1.54) is 0 Å². The summed E-state index contributed by atoms with van der Waals surface area (Å²) in [6.45, 7) is -0.0392. The van der Waals surface area contributed by atoms with Crippen LogP contribution >= 0.6 is 15.9 Å². The molecule has 0 saturated carbocycles. The zero-order chi connectivity index (χ0) is 15.5. The van der Waals surface area contributed by atoms with Gasteiger partial charge >= 0.3 is 0 Å². The summed E-state index contributed by atoms with van der Waals surface area (Å²) in [5.74, 6) is 0.837. The van der Waals surface area contributed by atoms with Gasteiger partial charge in [-0.2, -0.15) is 5.10 Å². The molecule has 22 heavy (non-hydrogen) atoms. The van der Waals surface area contributed by atoms with Crippen molar-refractivity contribution in [2.75, 3.05) is 7.11 Å². The van der Waals surface area contributed by atoms with Crippen molar-refractivity contribution in [2.45, 2.75) is 6.61 Å². The largest absolute Gasteiger partial charge is 0.497 e. The Morgan fingerprint density at radius 3 is 2.55 bits per heavy atom. The molecule has 0 amide bonds. The first kappa shape index (κ1) is 14.8. The number of nitrogens with zero attached hydrogens (tertiary/aromatic N) is 2. The van der Waals surface area contributed by atoms with Crippen molar-refractivity contribution in [3.05, 3.63) is 64.9 Å². The Hall–Kier alpha value is -2.11. The van der Waals surface area contributed by atoms with Gasteiger partial charge < -0.3 is 9.84 Å². The molecule has 1 heterocycles. The molecule has 0 saturated heterocycles. The second-order valence-electron chi connectivity index (χ2n) is 4.81. The third-order valence-electron chi connectivity index (χ3n) is 3.47. The van der Waals surface area contributed by atoms with Gasteiger partial charge in [0.2, 0.25) is 0 Å². The zero-order valence-corrected chi connectivity index (χ0v) is 13.6. The number of hydrogen-bond donors (Lipinski definition) is 1. The van der Waals surface area contributed by atoms with E-state index in [0.717, 1.165) is 32.7 Å².